The van der Waals surface area contributed by atoms with E-state index in [1.807, 2.05) is 63.4 Å². The lowest BCUT2D eigenvalue weighted by Gasteiger charge is -2.19. The Bertz CT molecular complexity index is 910. The van der Waals surface area contributed by atoms with E-state index in [1.54, 1.807) is 24.7 Å². The summed E-state index contributed by atoms with van der Waals surface area (Å²) in [5.74, 6) is 0.531. The van der Waals surface area contributed by atoms with Gasteiger partial charge < -0.3 is 15.0 Å². The fourth-order valence-electron chi connectivity index (χ4n) is 2.81. The number of likely N-dealkylation sites (N-methyl/N-ethyl adjacent to an activating group) is 1. The van der Waals surface area contributed by atoms with Gasteiger partial charge in [-0.05, 0) is 74.4 Å². The van der Waals surface area contributed by atoms with E-state index in [9.17, 15) is 4.79 Å². The molecule has 0 unspecified atom stereocenters. The van der Waals surface area contributed by atoms with Crippen LogP contribution >= 0.6 is 0 Å². The molecule has 29 heavy (non-hydrogen) atoms. The summed E-state index contributed by atoms with van der Waals surface area (Å²) in [6, 6.07) is 15.0. The minimum atomic E-state index is -0.242. The number of anilines is 2. The summed E-state index contributed by atoms with van der Waals surface area (Å²) in [5, 5.41) is 2.86. The van der Waals surface area contributed by atoms with E-state index in [2.05, 4.69) is 20.2 Å². The number of hydrogen-bond donors (Lipinski definition) is 1. The Labute approximate surface area is 171 Å². The lowest BCUT2D eigenvalue weighted by Crippen LogP contribution is -2.21. The number of nitrogens with one attached hydrogen (secondary N) is 1. The van der Waals surface area contributed by atoms with E-state index in [4.69, 9.17) is 4.74 Å². The first kappa shape index (κ1) is 20.3. The summed E-state index contributed by atoms with van der Waals surface area (Å²) in [6.45, 7) is 4.80. The normalized spacial score (nSPS) is 10.6. The Balaban J connectivity index is 1.55. The van der Waals surface area contributed by atoms with Gasteiger partial charge in [-0.1, -0.05) is 0 Å². The zero-order valence-electron chi connectivity index (χ0n) is 17.0. The minimum Gasteiger partial charge on any atom is -0.491 e. The second-order valence-corrected chi connectivity index (χ2v) is 7.07. The lowest BCUT2D eigenvalue weighted by atomic mass is 10.2. The zero-order valence-corrected chi connectivity index (χ0v) is 17.0. The van der Waals surface area contributed by atoms with Crippen molar-refractivity contribution in [3.63, 3.8) is 0 Å². The van der Waals surface area contributed by atoms with Crippen LogP contribution in [0.5, 0.6) is 5.75 Å². The Morgan fingerprint density at radius 3 is 2.41 bits per heavy atom. The molecule has 1 amide bonds. The molecule has 1 N–H and O–H groups in total. The van der Waals surface area contributed by atoms with Crippen LogP contribution in [0.3, 0.4) is 0 Å². The topological polar surface area (TPSA) is 67.3 Å². The highest BCUT2D eigenvalue weighted by Gasteiger charge is 2.09. The molecule has 6 nitrogen and oxygen atoms in total. The van der Waals surface area contributed by atoms with Gasteiger partial charge >= 0.3 is 0 Å². The summed E-state index contributed by atoms with van der Waals surface area (Å²) in [6.07, 6.45) is 6.35. The van der Waals surface area contributed by atoms with E-state index in [0.717, 1.165) is 24.4 Å². The van der Waals surface area contributed by atoms with Gasteiger partial charge in [-0.15, -0.1) is 0 Å². The first-order chi connectivity index (χ1) is 14.0. The van der Waals surface area contributed by atoms with Crippen LogP contribution in [0.25, 0.3) is 0 Å². The van der Waals surface area contributed by atoms with Crippen molar-refractivity contribution in [1.29, 1.82) is 0 Å². The molecule has 6 heteroatoms. The van der Waals surface area contributed by atoms with E-state index in [0.29, 0.717) is 11.4 Å². The fourth-order valence-corrected chi connectivity index (χ4v) is 2.81. The fraction of sp³-hybridized carbons (Fsp3) is 0.261. The molecule has 0 saturated heterocycles. The van der Waals surface area contributed by atoms with Crippen molar-refractivity contribution in [2.24, 2.45) is 0 Å². The molecule has 3 aromatic rings. The van der Waals surface area contributed by atoms with Crippen LogP contribution in [0.2, 0.25) is 0 Å². The standard InChI is InChI=1S/C23H26N4O2/c1-17(2)29-21-7-4-19(5-8-21)26-23(28)22-9-6-20(16-25-22)27(3)15-12-18-10-13-24-14-11-18/h4-11,13-14,16-17H,12,15H2,1-3H3,(H,26,28). The van der Waals surface area contributed by atoms with Crippen molar-refractivity contribution < 1.29 is 9.53 Å². The van der Waals surface area contributed by atoms with Crippen molar-refractivity contribution in [2.45, 2.75) is 26.4 Å². The highest BCUT2D eigenvalue weighted by atomic mass is 16.5. The Morgan fingerprint density at radius 2 is 1.79 bits per heavy atom. The van der Waals surface area contributed by atoms with Gasteiger partial charge in [-0.2, -0.15) is 0 Å². The molecular formula is C23H26N4O2. The predicted molar refractivity (Wildman–Crippen MR) is 116 cm³/mol. The molecule has 3 rings (SSSR count). The third kappa shape index (κ3) is 6.04. The molecule has 0 fully saturated rings. The van der Waals surface area contributed by atoms with E-state index in [-0.39, 0.29) is 12.0 Å². The minimum absolute atomic E-state index is 0.112. The number of ether oxygens (including phenoxy) is 1. The van der Waals surface area contributed by atoms with Gasteiger partial charge in [0.25, 0.3) is 5.91 Å². The summed E-state index contributed by atoms with van der Waals surface area (Å²) >= 11 is 0. The number of pyridine rings is 2. The van der Waals surface area contributed by atoms with Crippen LogP contribution in [-0.4, -0.2) is 35.6 Å². The maximum absolute atomic E-state index is 12.4. The smallest absolute Gasteiger partial charge is 0.274 e. The number of amides is 1. The van der Waals surface area contributed by atoms with Crippen LogP contribution in [0, 0.1) is 0 Å². The average Bonchev–Trinajstić information content (AvgIpc) is 2.74. The molecule has 0 spiro atoms. The van der Waals surface area contributed by atoms with Crippen LogP contribution in [0.1, 0.15) is 29.9 Å². The number of hydrogen-bond acceptors (Lipinski definition) is 5. The second-order valence-electron chi connectivity index (χ2n) is 7.07. The Morgan fingerprint density at radius 1 is 1.07 bits per heavy atom. The monoisotopic (exact) mass is 390 g/mol. The molecule has 0 bridgehead atoms. The summed E-state index contributed by atoms with van der Waals surface area (Å²) in [7, 11) is 2.01. The van der Waals surface area contributed by atoms with Gasteiger partial charge in [-0.3, -0.25) is 9.78 Å². The number of rotatable bonds is 8. The van der Waals surface area contributed by atoms with Gasteiger partial charge in [0.2, 0.25) is 0 Å². The van der Waals surface area contributed by atoms with Crippen molar-refractivity contribution in [3.8, 4) is 5.75 Å². The SMILES string of the molecule is CC(C)Oc1ccc(NC(=O)c2ccc(N(C)CCc3ccncc3)cn2)cc1. The highest BCUT2D eigenvalue weighted by Crippen LogP contribution is 2.18. The number of carbonyl (C=O) groups excluding carboxylic acids is 1. The number of nitrogens with zero attached hydrogens (tertiary/aromatic N) is 3. The third-order valence-electron chi connectivity index (χ3n) is 4.39. The first-order valence-electron chi connectivity index (χ1n) is 9.65. The van der Waals surface area contributed by atoms with Crippen LogP contribution < -0.4 is 15.0 Å². The molecule has 0 saturated carbocycles. The van der Waals surface area contributed by atoms with Crippen LogP contribution in [0.4, 0.5) is 11.4 Å². The van der Waals surface area contributed by atoms with Crippen molar-refractivity contribution in [1.82, 2.24) is 9.97 Å². The van der Waals surface area contributed by atoms with Crippen LogP contribution in [0.15, 0.2) is 67.1 Å². The molecule has 2 aromatic heterocycles. The molecular weight excluding hydrogens is 364 g/mol. The van der Waals surface area contributed by atoms with Crippen LogP contribution in [-0.2, 0) is 6.42 Å². The Hall–Kier alpha value is -3.41. The molecule has 0 aliphatic heterocycles. The third-order valence-corrected chi connectivity index (χ3v) is 4.39. The molecule has 0 aliphatic rings. The van der Waals surface area contributed by atoms with Gasteiger partial charge in [0.1, 0.15) is 11.4 Å². The molecule has 0 aliphatic carbocycles. The zero-order chi connectivity index (χ0) is 20.6. The number of carbonyl (C=O) groups is 1. The van der Waals surface area contributed by atoms with Crippen molar-refractivity contribution in [3.05, 3.63) is 78.4 Å². The van der Waals surface area contributed by atoms with E-state index < -0.39 is 0 Å². The maximum atomic E-state index is 12.4. The second kappa shape index (κ2) is 9.68. The van der Waals surface area contributed by atoms with E-state index >= 15 is 0 Å². The highest BCUT2D eigenvalue weighted by molar-refractivity contribution is 6.02. The van der Waals surface area contributed by atoms with Gasteiger partial charge in [0.05, 0.1) is 18.0 Å². The van der Waals surface area contributed by atoms with E-state index in [1.165, 1.54) is 5.56 Å². The molecule has 150 valence electrons. The molecule has 0 radical (unpaired) electrons. The summed E-state index contributed by atoms with van der Waals surface area (Å²) in [5.41, 5.74) is 3.27. The average molecular weight is 390 g/mol. The van der Waals surface area contributed by atoms with Crippen molar-refractivity contribution in [2.75, 3.05) is 23.8 Å². The predicted octanol–water partition coefficient (Wildman–Crippen LogP) is 4.20. The largest absolute Gasteiger partial charge is 0.491 e. The van der Waals surface area contributed by atoms with Gasteiger partial charge in [0.15, 0.2) is 0 Å². The quantitative estimate of drug-likeness (QED) is 0.624. The summed E-state index contributed by atoms with van der Waals surface area (Å²) < 4.78 is 5.61. The number of benzene rings is 1. The summed E-state index contributed by atoms with van der Waals surface area (Å²) in [4.78, 5) is 22.9. The Kier molecular flexibility index (Phi) is 6.79. The van der Waals surface area contributed by atoms with Crippen molar-refractivity contribution >= 4 is 17.3 Å². The lowest BCUT2D eigenvalue weighted by molar-refractivity contribution is 0.102. The number of aromatic nitrogens is 2. The molecule has 1 aromatic carbocycles. The first-order valence-corrected chi connectivity index (χ1v) is 9.65. The van der Waals surface area contributed by atoms with Gasteiger partial charge in [0, 0.05) is 31.7 Å². The van der Waals surface area contributed by atoms with Gasteiger partial charge in [-0.25, -0.2) is 4.98 Å². The molecule has 2 heterocycles. The molecule has 0 atom stereocenters. The maximum Gasteiger partial charge on any atom is 0.274 e.